The van der Waals surface area contributed by atoms with Gasteiger partial charge in [0.1, 0.15) is 0 Å². The molecule has 8 heteroatoms. The molecule has 0 unspecified atom stereocenters. The van der Waals surface area contributed by atoms with Gasteiger partial charge < -0.3 is 9.15 Å². The number of aromatic nitrogens is 2. The van der Waals surface area contributed by atoms with E-state index in [0.717, 1.165) is 13.1 Å². The van der Waals surface area contributed by atoms with Crippen LogP contribution in [0.15, 0.2) is 22.6 Å². The molecule has 0 bridgehead atoms. The van der Waals surface area contributed by atoms with Crippen LogP contribution in [0.2, 0.25) is 0 Å². The van der Waals surface area contributed by atoms with Gasteiger partial charge in [-0.3, -0.25) is 15.0 Å². The number of ether oxygens (including phenoxy) is 1. The third-order valence-electron chi connectivity index (χ3n) is 3.57. The number of benzene rings is 1. The van der Waals surface area contributed by atoms with Gasteiger partial charge in [0.15, 0.2) is 0 Å². The fourth-order valence-electron chi connectivity index (χ4n) is 2.38. The normalized spacial score (nSPS) is 15.9. The Morgan fingerprint density at radius 2 is 2.09 bits per heavy atom. The number of morpholine rings is 1. The van der Waals surface area contributed by atoms with Crippen LogP contribution in [-0.4, -0.2) is 46.3 Å². The highest BCUT2D eigenvalue weighted by atomic mass is 16.6. The van der Waals surface area contributed by atoms with Gasteiger partial charge >= 0.3 is 0 Å². The summed E-state index contributed by atoms with van der Waals surface area (Å²) in [4.78, 5) is 12.6. The second-order valence-electron chi connectivity index (χ2n) is 5.15. The number of hydrogen-bond acceptors (Lipinski definition) is 7. The number of nitro benzene ring substituents is 1. The molecule has 0 aliphatic carbocycles. The van der Waals surface area contributed by atoms with Gasteiger partial charge in [-0.25, -0.2) is 0 Å². The van der Waals surface area contributed by atoms with Gasteiger partial charge in [-0.15, -0.1) is 10.2 Å². The Labute approximate surface area is 126 Å². The zero-order valence-electron chi connectivity index (χ0n) is 12.2. The predicted molar refractivity (Wildman–Crippen MR) is 77.2 cm³/mol. The maximum atomic E-state index is 10.8. The largest absolute Gasteiger partial charge is 0.419 e. The highest BCUT2D eigenvalue weighted by molar-refractivity contribution is 5.58. The van der Waals surface area contributed by atoms with E-state index in [2.05, 4.69) is 15.1 Å². The molecule has 1 aliphatic heterocycles. The lowest BCUT2D eigenvalue weighted by molar-refractivity contribution is -0.385. The standard InChI is InChI=1S/C14H16N4O4/c1-10-8-11(2-3-12(10)18(19)20)14-16-15-13(22-14)9-17-4-6-21-7-5-17/h2-3,8H,4-7,9H2,1H3. The van der Waals surface area contributed by atoms with E-state index < -0.39 is 4.92 Å². The molecule has 0 spiro atoms. The molecule has 8 nitrogen and oxygen atoms in total. The Balaban J connectivity index is 1.75. The monoisotopic (exact) mass is 304 g/mol. The van der Waals surface area contributed by atoms with Crippen LogP contribution in [0.3, 0.4) is 0 Å². The molecule has 2 heterocycles. The van der Waals surface area contributed by atoms with Crippen molar-refractivity contribution >= 4 is 5.69 Å². The molecule has 0 amide bonds. The van der Waals surface area contributed by atoms with Crippen LogP contribution in [0.5, 0.6) is 0 Å². The van der Waals surface area contributed by atoms with Crippen LogP contribution in [0.25, 0.3) is 11.5 Å². The Morgan fingerprint density at radius 1 is 1.32 bits per heavy atom. The van der Waals surface area contributed by atoms with E-state index in [-0.39, 0.29) is 5.69 Å². The molecule has 22 heavy (non-hydrogen) atoms. The zero-order chi connectivity index (χ0) is 15.5. The Morgan fingerprint density at radius 3 is 2.77 bits per heavy atom. The van der Waals surface area contributed by atoms with Crippen molar-refractivity contribution in [3.05, 3.63) is 39.8 Å². The minimum atomic E-state index is -0.406. The van der Waals surface area contributed by atoms with Crippen molar-refractivity contribution in [2.24, 2.45) is 0 Å². The highest BCUT2D eigenvalue weighted by Crippen LogP contribution is 2.25. The van der Waals surface area contributed by atoms with E-state index in [9.17, 15) is 10.1 Å². The topological polar surface area (TPSA) is 94.5 Å². The van der Waals surface area contributed by atoms with Gasteiger partial charge in [0.2, 0.25) is 11.8 Å². The molecule has 2 aromatic rings. The van der Waals surface area contributed by atoms with E-state index in [4.69, 9.17) is 9.15 Å². The smallest absolute Gasteiger partial charge is 0.272 e. The molecule has 3 rings (SSSR count). The zero-order valence-corrected chi connectivity index (χ0v) is 12.2. The van der Waals surface area contributed by atoms with Gasteiger partial charge in [0.05, 0.1) is 24.7 Å². The first-order chi connectivity index (χ1) is 10.6. The maximum absolute atomic E-state index is 10.8. The molecule has 1 aromatic carbocycles. The van der Waals surface area contributed by atoms with E-state index in [1.165, 1.54) is 6.07 Å². The minimum Gasteiger partial charge on any atom is -0.419 e. The van der Waals surface area contributed by atoms with E-state index in [0.29, 0.717) is 42.7 Å². The lowest BCUT2D eigenvalue weighted by Gasteiger charge is -2.24. The van der Waals surface area contributed by atoms with E-state index in [1.54, 1.807) is 19.1 Å². The molecule has 1 aromatic heterocycles. The van der Waals surface area contributed by atoms with Crippen molar-refractivity contribution in [3.8, 4) is 11.5 Å². The number of hydrogen-bond donors (Lipinski definition) is 0. The third kappa shape index (κ3) is 3.12. The lowest BCUT2D eigenvalue weighted by Crippen LogP contribution is -2.35. The Kier molecular flexibility index (Phi) is 4.12. The fourth-order valence-corrected chi connectivity index (χ4v) is 2.38. The number of nitrogens with zero attached hydrogens (tertiary/aromatic N) is 4. The molecule has 0 N–H and O–H groups in total. The summed E-state index contributed by atoms with van der Waals surface area (Å²) in [6.07, 6.45) is 0. The second kappa shape index (κ2) is 6.20. The average molecular weight is 304 g/mol. The molecule has 0 radical (unpaired) electrons. The van der Waals surface area contributed by atoms with Crippen molar-refractivity contribution in [1.29, 1.82) is 0 Å². The van der Waals surface area contributed by atoms with Crippen molar-refractivity contribution in [3.63, 3.8) is 0 Å². The van der Waals surface area contributed by atoms with Crippen LogP contribution in [0.4, 0.5) is 5.69 Å². The highest BCUT2D eigenvalue weighted by Gasteiger charge is 2.17. The quantitative estimate of drug-likeness (QED) is 0.627. The molecule has 1 fully saturated rings. The molecular formula is C14H16N4O4. The SMILES string of the molecule is Cc1cc(-c2nnc(CN3CCOCC3)o2)ccc1[N+](=O)[O-]. The molecule has 0 saturated carbocycles. The van der Waals surface area contributed by atoms with Crippen LogP contribution < -0.4 is 0 Å². The molecule has 0 atom stereocenters. The second-order valence-corrected chi connectivity index (χ2v) is 5.15. The molecular weight excluding hydrogens is 288 g/mol. The van der Waals surface area contributed by atoms with Crippen LogP contribution in [0, 0.1) is 17.0 Å². The van der Waals surface area contributed by atoms with Gasteiger partial charge in [0, 0.05) is 30.3 Å². The lowest BCUT2D eigenvalue weighted by atomic mass is 10.1. The average Bonchev–Trinajstić information content (AvgIpc) is 2.96. The first-order valence-corrected chi connectivity index (χ1v) is 7.01. The van der Waals surface area contributed by atoms with E-state index >= 15 is 0 Å². The van der Waals surface area contributed by atoms with Crippen molar-refractivity contribution in [2.75, 3.05) is 26.3 Å². The number of aryl methyl sites for hydroxylation is 1. The summed E-state index contributed by atoms with van der Waals surface area (Å²) < 4.78 is 10.9. The Bertz CT molecular complexity index is 679. The summed E-state index contributed by atoms with van der Waals surface area (Å²) in [5, 5.41) is 18.9. The molecule has 116 valence electrons. The summed E-state index contributed by atoms with van der Waals surface area (Å²) in [5.41, 5.74) is 1.33. The minimum absolute atomic E-state index is 0.0804. The summed E-state index contributed by atoms with van der Waals surface area (Å²) in [6.45, 7) is 5.38. The van der Waals surface area contributed by atoms with Gasteiger partial charge in [0.25, 0.3) is 5.69 Å². The first kappa shape index (κ1) is 14.6. The molecule has 1 saturated heterocycles. The van der Waals surface area contributed by atoms with Crippen molar-refractivity contribution in [2.45, 2.75) is 13.5 Å². The van der Waals surface area contributed by atoms with E-state index in [1.807, 2.05) is 0 Å². The summed E-state index contributed by atoms with van der Waals surface area (Å²) in [5.74, 6) is 0.911. The summed E-state index contributed by atoms with van der Waals surface area (Å²) in [7, 11) is 0. The third-order valence-corrected chi connectivity index (χ3v) is 3.57. The molecule has 1 aliphatic rings. The maximum Gasteiger partial charge on any atom is 0.272 e. The van der Waals surface area contributed by atoms with Crippen molar-refractivity contribution in [1.82, 2.24) is 15.1 Å². The Hall–Kier alpha value is -2.32. The van der Waals surface area contributed by atoms with Crippen LogP contribution in [0.1, 0.15) is 11.5 Å². The van der Waals surface area contributed by atoms with Gasteiger partial charge in [-0.05, 0) is 19.1 Å². The summed E-state index contributed by atoms with van der Waals surface area (Å²) >= 11 is 0. The fraction of sp³-hybridized carbons (Fsp3) is 0.429. The van der Waals surface area contributed by atoms with Crippen LogP contribution in [-0.2, 0) is 11.3 Å². The van der Waals surface area contributed by atoms with Gasteiger partial charge in [-0.2, -0.15) is 0 Å². The van der Waals surface area contributed by atoms with Crippen molar-refractivity contribution < 1.29 is 14.1 Å². The summed E-state index contributed by atoms with van der Waals surface area (Å²) in [6, 6.07) is 4.76. The predicted octanol–water partition coefficient (Wildman–Crippen LogP) is 1.79. The van der Waals surface area contributed by atoms with Gasteiger partial charge in [-0.1, -0.05) is 0 Å². The van der Waals surface area contributed by atoms with Crippen LogP contribution >= 0.6 is 0 Å². The first-order valence-electron chi connectivity index (χ1n) is 7.01. The number of nitro groups is 1. The number of rotatable bonds is 4.